The second kappa shape index (κ2) is 7.22. The predicted molar refractivity (Wildman–Crippen MR) is 85.8 cm³/mol. The van der Waals surface area contributed by atoms with Gasteiger partial charge in [0.2, 0.25) is 5.75 Å². The number of nitrogens with one attached hydrogen (secondary N) is 1. The lowest BCUT2D eigenvalue weighted by atomic mass is 10.2. The molecule has 0 aliphatic rings. The first-order valence-corrected chi connectivity index (χ1v) is 7.20. The minimum Gasteiger partial charge on any atom is -0.473 e. The largest absolute Gasteiger partial charge is 0.473 e. The Morgan fingerprint density at radius 2 is 2.12 bits per heavy atom. The van der Waals surface area contributed by atoms with Gasteiger partial charge >= 0.3 is 5.82 Å². The zero-order valence-electron chi connectivity index (χ0n) is 12.7. The normalized spacial score (nSPS) is 11.7. The number of aryl methyl sites for hydroxylation is 1. The molecule has 0 fully saturated rings. The lowest BCUT2D eigenvalue weighted by Gasteiger charge is -2.15. The fourth-order valence-electron chi connectivity index (χ4n) is 1.82. The Bertz CT molecular complexity index is 800. The average Bonchev–Trinajstić information content (AvgIpc) is 2.51. The number of halogens is 2. The van der Waals surface area contributed by atoms with Crippen LogP contribution in [0.25, 0.3) is 0 Å². The zero-order chi connectivity index (χ0) is 17.9. The number of nitro groups is 1. The molecule has 1 aromatic carbocycles. The molecule has 1 N–H and O–H groups in total. The summed E-state index contributed by atoms with van der Waals surface area (Å²) < 4.78 is 19.0. The van der Waals surface area contributed by atoms with Crippen LogP contribution in [0.4, 0.5) is 15.9 Å². The van der Waals surface area contributed by atoms with Crippen LogP contribution in [0.5, 0.6) is 5.75 Å². The highest BCUT2D eigenvalue weighted by molar-refractivity contribution is 6.30. The third kappa shape index (κ3) is 4.17. The van der Waals surface area contributed by atoms with Gasteiger partial charge in [0.1, 0.15) is 11.5 Å². The lowest BCUT2D eigenvalue weighted by molar-refractivity contribution is -0.390. The quantitative estimate of drug-likeness (QED) is 0.655. The summed E-state index contributed by atoms with van der Waals surface area (Å²) >= 11 is 5.63. The number of carbonyl (C=O) groups is 1. The van der Waals surface area contributed by atoms with Gasteiger partial charge < -0.3 is 20.2 Å². The van der Waals surface area contributed by atoms with Crippen molar-refractivity contribution in [3.05, 3.63) is 57.0 Å². The first-order valence-electron chi connectivity index (χ1n) is 6.82. The Morgan fingerprint density at radius 1 is 1.42 bits per heavy atom. The molecule has 2 aromatic rings. The monoisotopic (exact) mass is 353 g/mol. The van der Waals surface area contributed by atoms with Crippen LogP contribution < -0.4 is 10.1 Å². The second-order valence-electron chi connectivity index (χ2n) is 4.90. The number of rotatable bonds is 5. The molecule has 7 nitrogen and oxygen atoms in total. The number of ether oxygens (including phenoxy) is 1. The van der Waals surface area contributed by atoms with Crippen molar-refractivity contribution < 1.29 is 18.8 Å². The van der Waals surface area contributed by atoms with E-state index in [1.807, 2.05) is 0 Å². The van der Waals surface area contributed by atoms with Crippen molar-refractivity contribution >= 4 is 29.0 Å². The van der Waals surface area contributed by atoms with Crippen molar-refractivity contribution in [2.45, 2.75) is 20.0 Å². The highest BCUT2D eigenvalue weighted by atomic mass is 35.5. The Labute approximate surface area is 141 Å². The first kappa shape index (κ1) is 17.6. The van der Waals surface area contributed by atoms with Crippen molar-refractivity contribution in [1.29, 1.82) is 0 Å². The van der Waals surface area contributed by atoms with Gasteiger partial charge in [0.15, 0.2) is 6.10 Å². The van der Waals surface area contributed by atoms with Gasteiger partial charge in [0.25, 0.3) is 5.91 Å². The molecule has 9 heteroatoms. The van der Waals surface area contributed by atoms with E-state index in [0.717, 1.165) is 6.07 Å². The minimum atomic E-state index is -1.11. The highest BCUT2D eigenvalue weighted by Gasteiger charge is 2.23. The molecule has 0 spiro atoms. The van der Waals surface area contributed by atoms with Gasteiger partial charge in [-0.25, -0.2) is 4.39 Å². The molecule has 1 heterocycles. The van der Waals surface area contributed by atoms with Gasteiger partial charge in [-0.2, -0.15) is 0 Å². The van der Waals surface area contributed by atoms with Crippen LogP contribution in [0.3, 0.4) is 0 Å². The Kier molecular flexibility index (Phi) is 5.30. The van der Waals surface area contributed by atoms with E-state index in [1.54, 1.807) is 6.92 Å². The smallest absolute Gasteiger partial charge is 0.406 e. The van der Waals surface area contributed by atoms with Crippen molar-refractivity contribution in [2.24, 2.45) is 0 Å². The van der Waals surface area contributed by atoms with E-state index in [4.69, 9.17) is 16.3 Å². The summed E-state index contributed by atoms with van der Waals surface area (Å²) in [5.74, 6) is -2.02. The minimum absolute atomic E-state index is 0.0728. The molecular formula is C15H13ClFN3O4. The number of amides is 1. The average molecular weight is 354 g/mol. The van der Waals surface area contributed by atoms with Gasteiger partial charge in [-0.3, -0.25) is 4.79 Å². The highest BCUT2D eigenvalue weighted by Crippen LogP contribution is 2.26. The molecule has 0 unspecified atom stereocenters. The summed E-state index contributed by atoms with van der Waals surface area (Å²) in [7, 11) is 0. The summed E-state index contributed by atoms with van der Waals surface area (Å²) in [5.41, 5.74) is 0.366. The van der Waals surface area contributed by atoms with Gasteiger partial charge in [-0.1, -0.05) is 11.6 Å². The third-order valence-corrected chi connectivity index (χ3v) is 3.25. The lowest BCUT2D eigenvalue weighted by Crippen LogP contribution is -2.30. The number of nitrogens with zero attached hydrogens (tertiary/aromatic N) is 2. The number of carbonyl (C=O) groups excluding carboxylic acids is 1. The van der Waals surface area contributed by atoms with Gasteiger partial charge in [-0.15, -0.1) is 0 Å². The molecule has 24 heavy (non-hydrogen) atoms. The van der Waals surface area contributed by atoms with E-state index in [2.05, 4.69) is 10.3 Å². The van der Waals surface area contributed by atoms with Crippen LogP contribution in [0, 0.1) is 22.9 Å². The molecule has 0 saturated carbocycles. The van der Waals surface area contributed by atoms with Crippen LogP contribution in [0.1, 0.15) is 12.6 Å². The van der Waals surface area contributed by atoms with Gasteiger partial charge in [-0.05, 0) is 47.2 Å². The molecular weight excluding hydrogens is 341 g/mol. The Hall–Kier alpha value is -2.74. The summed E-state index contributed by atoms with van der Waals surface area (Å²) in [6, 6.07) is 6.65. The number of pyridine rings is 1. The molecule has 1 atom stereocenters. The summed E-state index contributed by atoms with van der Waals surface area (Å²) in [4.78, 5) is 26.1. The molecule has 0 saturated heterocycles. The summed E-state index contributed by atoms with van der Waals surface area (Å²) in [5, 5.41) is 13.5. The van der Waals surface area contributed by atoms with Gasteiger partial charge in [0.05, 0.1) is 5.69 Å². The van der Waals surface area contributed by atoms with E-state index >= 15 is 0 Å². The van der Waals surface area contributed by atoms with Crippen LogP contribution in [-0.2, 0) is 4.79 Å². The molecule has 0 aliphatic carbocycles. The van der Waals surface area contributed by atoms with Gasteiger partial charge in [0, 0.05) is 11.9 Å². The second-order valence-corrected chi connectivity index (χ2v) is 5.34. The fraction of sp³-hybridized carbons (Fsp3) is 0.200. The van der Waals surface area contributed by atoms with Crippen molar-refractivity contribution in [2.75, 3.05) is 5.32 Å². The fourth-order valence-corrected chi connectivity index (χ4v) is 1.98. The first-order chi connectivity index (χ1) is 11.3. The predicted octanol–water partition coefficient (Wildman–Crippen LogP) is 3.50. The number of hydrogen-bond acceptors (Lipinski definition) is 5. The molecule has 1 aromatic heterocycles. The Morgan fingerprint density at radius 3 is 2.75 bits per heavy atom. The van der Waals surface area contributed by atoms with Crippen molar-refractivity contribution in [3.63, 3.8) is 0 Å². The van der Waals surface area contributed by atoms with Crippen LogP contribution in [0.2, 0.25) is 5.02 Å². The molecule has 1 amide bonds. The number of anilines is 1. The number of aromatic nitrogens is 1. The topological polar surface area (TPSA) is 94.4 Å². The summed E-state index contributed by atoms with van der Waals surface area (Å²) in [6.07, 6.45) is -1.11. The molecule has 126 valence electrons. The maximum atomic E-state index is 13.7. The van der Waals surface area contributed by atoms with E-state index in [9.17, 15) is 19.3 Å². The van der Waals surface area contributed by atoms with Crippen LogP contribution in [0.15, 0.2) is 30.3 Å². The SMILES string of the molecule is Cc1ccc(O[C@H](C)C(=O)Nc2ccc(Cl)cc2F)c([N+](=O)[O-])n1. The van der Waals surface area contributed by atoms with Crippen LogP contribution >= 0.6 is 11.6 Å². The standard InChI is InChI=1S/C15H13ClFN3O4/c1-8-3-6-13(14(18-8)20(22)23)24-9(2)15(21)19-12-5-4-10(16)7-11(12)17/h3-7,9H,1-2H3,(H,19,21)/t9-/m1/s1. The van der Waals surface area contributed by atoms with Crippen molar-refractivity contribution in [3.8, 4) is 5.75 Å². The molecule has 2 rings (SSSR count). The molecule has 0 bridgehead atoms. The van der Waals surface area contributed by atoms with E-state index in [1.165, 1.54) is 31.2 Å². The third-order valence-electron chi connectivity index (χ3n) is 3.01. The zero-order valence-corrected chi connectivity index (χ0v) is 13.5. The molecule has 0 aliphatic heterocycles. The van der Waals surface area contributed by atoms with E-state index in [0.29, 0.717) is 5.69 Å². The maximum Gasteiger partial charge on any atom is 0.406 e. The van der Waals surface area contributed by atoms with E-state index in [-0.39, 0.29) is 16.5 Å². The maximum absolute atomic E-state index is 13.7. The summed E-state index contributed by atoms with van der Waals surface area (Å²) in [6.45, 7) is 2.98. The van der Waals surface area contributed by atoms with Crippen LogP contribution in [-0.4, -0.2) is 21.9 Å². The molecule has 0 radical (unpaired) electrons. The van der Waals surface area contributed by atoms with Crippen molar-refractivity contribution in [1.82, 2.24) is 4.98 Å². The van der Waals surface area contributed by atoms with E-state index < -0.39 is 28.6 Å². The Balaban J connectivity index is 2.13. The number of benzene rings is 1. The number of hydrogen-bond donors (Lipinski definition) is 1.